The molecule has 1 amide bonds. The first kappa shape index (κ1) is 17.5. The Morgan fingerprint density at radius 2 is 2.00 bits per heavy atom. The minimum absolute atomic E-state index is 0.257. The number of amides is 1. The van der Waals surface area contributed by atoms with Gasteiger partial charge < -0.3 is 19.0 Å². The number of benzene rings is 1. The van der Waals surface area contributed by atoms with Gasteiger partial charge in [-0.25, -0.2) is 4.98 Å². The topological polar surface area (TPSA) is 90.4 Å². The second kappa shape index (κ2) is 7.79. The minimum Gasteiger partial charge on any atom is -0.473 e. The third-order valence-corrected chi connectivity index (χ3v) is 4.17. The molecule has 0 fully saturated rings. The van der Waals surface area contributed by atoms with Gasteiger partial charge in [0.2, 0.25) is 5.88 Å². The summed E-state index contributed by atoms with van der Waals surface area (Å²) in [6.07, 6.45) is 4.40. The van der Waals surface area contributed by atoms with Crippen molar-refractivity contribution in [1.82, 2.24) is 10.1 Å². The van der Waals surface area contributed by atoms with Gasteiger partial charge in [0.25, 0.3) is 5.91 Å². The number of nitrogens with one attached hydrogen (secondary N) is 1. The monoisotopic (exact) mass is 375 g/mol. The maximum Gasteiger partial charge on any atom is 0.257 e. The minimum atomic E-state index is -0.276. The SMILES string of the molecule is Cc1onc(-c2ccccc2)c1COc1ccc(C(=O)Nc2ccoc2)cn1. The molecule has 0 bridgehead atoms. The van der Waals surface area contributed by atoms with Crippen LogP contribution in [0.2, 0.25) is 0 Å². The third-order valence-electron chi connectivity index (χ3n) is 4.17. The Kier molecular flexibility index (Phi) is 4.88. The van der Waals surface area contributed by atoms with Crippen molar-refractivity contribution < 1.29 is 18.5 Å². The molecule has 0 saturated carbocycles. The normalized spacial score (nSPS) is 10.6. The molecule has 0 aliphatic carbocycles. The zero-order valence-corrected chi connectivity index (χ0v) is 15.1. The summed E-state index contributed by atoms with van der Waals surface area (Å²) < 4.78 is 16.0. The lowest BCUT2D eigenvalue weighted by molar-refractivity contribution is 0.102. The van der Waals surface area contributed by atoms with Crippen LogP contribution < -0.4 is 10.1 Å². The highest BCUT2D eigenvalue weighted by atomic mass is 16.5. The number of hydrogen-bond acceptors (Lipinski definition) is 6. The van der Waals surface area contributed by atoms with E-state index in [1.807, 2.05) is 37.3 Å². The highest BCUT2D eigenvalue weighted by Crippen LogP contribution is 2.26. The molecule has 28 heavy (non-hydrogen) atoms. The maximum atomic E-state index is 12.2. The molecule has 4 aromatic rings. The number of pyridine rings is 1. The van der Waals surface area contributed by atoms with Crippen molar-refractivity contribution in [1.29, 1.82) is 0 Å². The lowest BCUT2D eigenvalue weighted by atomic mass is 10.1. The van der Waals surface area contributed by atoms with Gasteiger partial charge in [-0.05, 0) is 19.1 Å². The van der Waals surface area contributed by atoms with Crippen LogP contribution in [-0.4, -0.2) is 16.0 Å². The number of carbonyl (C=O) groups is 1. The second-order valence-electron chi connectivity index (χ2n) is 6.07. The van der Waals surface area contributed by atoms with Crippen molar-refractivity contribution >= 4 is 11.6 Å². The highest BCUT2D eigenvalue weighted by Gasteiger charge is 2.15. The van der Waals surface area contributed by atoms with E-state index in [-0.39, 0.29) is 12.5 Å². The van der Waals surface area contributed by atoms with Gasteiger partial charge in [0.05, 0.1) is 23.1 Å². The maximum absolute atomic E-state index is 12.2. The molecular weight excluding hydrogens is 358 g/mol. The summed E-state index contributed by atoms with van der Waals surface area (Å²) in [5, 5.41) is 6.85. The van der Waals surface area contributed by atoms with Gasteiger partial charge in [0.15, 0.2) is 0 Å². The van der Waals surface area contributed by atoms with Crippen molar-refractivity contribution in [3.05, 3.63) is 84.1 Å². The van der Waals surface area contributed by atoms with Crippen LogP contribution >= 0.6 is 0 Å². The Bertz CT molecular complexity index is 1060. The summed E-state index contributed by atoms with van der Waals surface area (Å²) in [7, 11) is 0. The van der Waals surface area contributed by atoms with E-state index in [9.17, 15) is 4.79 Å². The molecule has 7 nitrogen and oxygen atoms in total. The largest absolute Gasteiger partial charge is 0.473 e. The summed E-state index contributed by atoms with van der Waals surface area (Å²) in [4.78, 5) is 16.4. The van der Waals surface area contributed by atoms with E-state index >= 15 is 0 Å². The fourth-order valence-electron chi connectivity index (χ4n) is 2.67. The average molecular weight is 375 g/mol. The number of rotatable bonds is 6. The van der Waals surface area contributed by atoms with E-state index in [0.717, 1.165) is 16.8 Å². The van der Waals surface area contributed by atoms with Gasteiger partial charge >= 0.3 is 0 Å². The van der Waals surface area contributed by atoms with Gasteiger partial charge in [0.1, 0.15) is 24.3 Å². The lowest BCUT2D eigenvalue weighted by Crippen LogP contribution is -2.11. The van der Waals surface area contributed by atoms with E-state index in [2.05, 4.69) is 15.5 Å². The van der Waals surface area contributed by atoms with E-state index < -0.39 is 0 Å². The molecule has 1 N–H and O–H groups in total. The molecule has 0 atom stereocenters. The van der Waals surface area contributed by atoms with E-state index in [4.69, 9.17) is 13.7 Å². The standard InChI is InChI=1S/C21H17N3O4/c1-14-18(20(24-28-14)15-5-3-2-4-6-15)13-27-19-8-7-16(11-22-19)21(25)23-17-9-10-26-12-17/h2-12H,13H2,1H3,(H,23,25). The summed E-state index contributed by atoms with van der Waals surface area (Å²) in [5.41, 5.74) is 3.56. The number of aromatic nitrogens is 2. The number of furan rings is 1. The Morgan fingerprint density at radius 1 is 1.14 bits per heavy atom. The van der Waals surface area contributed by atoms with Crippen LogP contribution in [0.5, 0.6) is 5.88 Å². The van der Waals surface area contributed by atoms with Gasteiger partial charge in [-0.15, -0.1) is 0 Å². The van der Waals surface area contributed by atoms with Gasteiger partial charge in [-0.3, -0.25) is 4.79 Å². The molecule has 1 aromatic carbocycles. The number of carbonyl (C=O) groups excluding carboxylic acids is 1. The van der Waals surface area contributed by atoms with Crippen LogP contribution in [-0.2, 0) is 6.61 Å². The second-order valence-corrected chi connectivity index (χ2v) is 6.07. The van der Waals surface area contributed by atoms with Crippen LogP contribution in [0, 0.1) is 6.92 Å². The molecule has 3 aromatic heterocycles. The highest BCUT2D eigenvalue weighted by molar-refractivity contribution is 6.03. The molecule has 0 radical (unpaired) electrons. The summed E-state index contributed by atoms with van der Waals surface area (Å²) in [5.74, 6) is 0.816. The average Bonchev–Trinajstić information content (AvgIpc) is 3.37. The Morgan fingerprint density at radius 3 is 2.71 bits per heavy atom. The molecule has 0 saturated heterocycles. The lowest BCUT2D eigenvalue weighted by Gasteiger charge is -2.07. The third kappa shape index (κ3) is 3.78. The van der Waals surface area contributed by atoms with Crippen LogP contribution in [0.15, 0.2) is 76.2 Å². The number of anilines is 1. The van der Waals surface area contributed by atoms with E-state index in [0.29, 0.717) is 22.9 Å². The van der Waals surface area contributed by atoms with Gasteiger partial charge in [-0.2, -0.15) is 0 Å². The Balaban J connectivity index is 1.43. The fourth-order valence-corrected chi connectivity index (χ4v) is 2.67. The van der Waals surface area contributed by atoms with Crippen molar-refractivity contribution in [2.24, 2.45) is 0 Å². The number of nitrogens with zero attached hydrogens (tertiary/aromatic N) is 2. The molecule has 4 rings (SSSR count). The van der Waals surface area contributed by atoms with Crippen molar-refractivity contribution in [2.75, 3.05) is 5.32 Å². The van der Waals surface area contributed by atoms with Crippen molar-refractivity contribution in [3.63, 3.8) is 0 Å². The number of ether oxygens (including phenoxy) is 1. The Labute approximate surface area is 161 Å². The van der Waals surface area contributed by atoms with Crippen LogP contribution in [0.4, 0.5) is 5.69 Å². The number of hydrogen-bond donors (Lipinski definition) is 1. The zero-order valence-electron chi connectivity index (χ0n) is 15.1. The molecule has 3 heterocycles. The molecule has 0 unspecified atom stereocenters. The summed E-state index contributed by atoms with van der Waals surface area (Å²) >= 11 is 0. The van der Waals surface area contributed by atoms with Gasteiger partial charge in [-0.1, -0.05) is 35.5 Å². The first-order valence-electron chi connectivity index (χ1n) is 8.63. The molecule has 0 aliphatic heterocycles. The molecule has 0 spiro atoms. The summed E-state index contributed by atoms with van der Waals surface area (Å²) in [6, 6.07) is 14.7. The summed E-state index contributed by atoms with van der Waals surface area (Å²) in [6.45, 7) is 2.10. The number of aryl methyl sites for hydroxylation is 1. The first-order chi connectivity index (χ1) is 13.7. The molecule has 140 valence electrons. The van der Waals surface area contributed by atoms with Crippen LogP contribution in [0.3, 0.4) is 0 Å². The smallest absolute Gasteiger partial charge is 0.257 e. The first-order valence-corrected chi connectivity index (χ1v) is 8.63. The molecule has 7 heteroatoms. The quantitative estimate of drug-likeness (QED) is 0.535. The van der Waals surface area contributed by atoms with E-state index in [1.54, 1.807) is 18.2 Å². The van der Waals surface area contributed by atoms with Crippen molar-refractivity contribution in [3.8, 4) is 17.1 Å². The van der Waals surface area contributed by atoms with Crippen molar-refractivity contribution in [2.45, 2.75) is 13.5 Å². The van der Waals surface area contributed by atoms with E-state index in [1.165, 1.54) is 18.7 Å². The zero-order chi connectivity index (χ0) is 19.3. The molecule has 0 aliphatic rings. The van der Waals surface area contributed by atoms with Crippen LogP contribution in [0.1, 0.15) is 21.7 Å². The predicted molar refractivity (Wildman–Crippen MR) is 102 cm³/mol. The predicted octanol–water partition coefficient (Wildman–Crippen LogP) is 4.47. The van der Waals surface area contributed by atoms with Crippen LogP contribution in [0.25, 0.3) is 11.3 Å². The molecular formula is C21H17N3O4. The Hall–Kier alpha value is -3.87. The fraction of sp³-hybridized carbons (Fsp3) is 0.0952. The van der Waals surface area contributed by atoms with Gasteiger partial charge in [0, 0.05) is 17.8 Å².